The second-order valence-electron chi connectivity index (χ2n) is 9.59. The summed E-state index contributed by atoms with van der Waals surface area (Å²) in [5.74, 6) is 1.86. The topological polar surface area (TPSA) is 104 Å². The van der Waals surface area contributed by atoms with Crippen LogP contribution in [0.15, 0.2) is 60.9 Å². The molecule has 2 atom stereocenters. The van der Waals surface area contributed by atoms with E-state index in [-0.39, 0.29) is 6.10 Å². The summed E-state index contributed by atoms with van der Waals surface area (Å²) in [6, 6.07) is 16.3. The van der Waals surface area contributed by atoms with Crippen LogP contribution in [0.4, 0.5) is 11.6 Å². The molecule has 0 aliphatic carbocycles. The number of aryl methyl sites for hydroxylation is 1. The quantitative estimate of drug-likeness (QED) is 0.252. The Morgan fingerprint density at radius 1 is 1.08 bits per heavy atom. The molecular weight excluding hydrogens is 464 g/mol. The summed E-state index contributed by atoms with van der Waals surface area (Å²) in [5.41, 5.74) is 3.58. The molecule has 37 heavy (non-hydrogen) atoms. The number of piperidine rings is 1. The number of aromatic nitrogens is 3. The van der Waals surface area contributed by atoms with Gasteiger partial charge >= 0.3 is 0 Å². The van der Waals surface area contributed by atoms with Crippen LogP contribution in [0.5, 0.6) is 11.6 Å². The molecule has 5 rings (SSSR count). The molecule has 1 fully saturated rings. The van der Waals surface area contributed by atoms with Crippen molar-refractivity contribution in [3.8, 4) is 22.9 Å². The number of aliphatic hydroxyl groups excluding tert-OH is 1. The zero-order valence-electron chi connectivity index (χ0n) is 21.4. The fourth-order valence-corrected chi connectivity index (χ4v) is 4.64. The van der Waals surface area contributed by atoms with Crippen molar-refractivity contribution in [3.05, 3.63) is 66.5 Å². The Bertz CT molecular complexity index is 1350. The van der Waals surface area contributed by atoms with Crippen molar-refractivity contribution in [2.24, 2.45) is 0 Å². The molecule has 8 nitrogen and oxygen atoms in total. The number of benzene rings is 2. The lowest BCUT2D eigenvalue weighted by Gasteiger charge is -2.23. The summed E-state index contributed by atoms with van der Waals surface area (Å²) in [5, 5.41) is 22.0. The van der Waals surface area contributed by atoms with E-state index in [0.717, 1.165) is 65.0 Å². The molecule has 3 heterocycles. The lowest BCUT2D eigenvalue weighted by Crippen LogP contribution is -2.38. The Balaban J connectivity index is 1.44. The zero-order chi connectivity index (χ0) is 25.6. The molecule has 2 unspecified atom stereocenters. The average molecular weight is 499 g/mol. The third-order valence-corrected chi connectivity index (χ3v) is 6.62. The molecular formula is C29H34N6O2. The van der Waals surface area contributed by atoms with Gasteiger partial charge < -0.3 is 25.8 Å². The van der Waals surface area contributed by atoms with Crippen molar-refractivity contribution < 1.29 is 9.84 Å². The molecule has 1 aliphatic rings. The van der Waals surface area contributed by atoms with Gasteiger partial charge in [-0.05, 0) is 69.5 Å². The Labute approximate surface area is 217 Å². The molecule has 0 amide bonds. The van der Waals surface area contributed by atoms with Gasteiger partial charge in [0.2, 0.25) is 11.8 Å². The molecule has 2 aromatic carbocycles. The minimum atomic E-state index is -0.344. The minimum Gasteiger partial charge on any atom is -0.437 e. The van der Waals surface area contributed by atoms with Crippen molar-refractivity contribution in [2.45, 2.75) is 45.3 Å². The van der Waals surface area contributed by atoms with Gasteiger partial charge in [-0.15, -0.1) is 0 Å². The Morgan fingerprint density at radius 2 is 2.00 bits per heavy atom. The monoisotopic (exact) mass is 498 g/mol. The second kappa shape index (κ2) is 11.5. The Hall–Kier alpha value is -3.75. The summed E-state index contributed by atoms with van der Waals surface area (Å²) < 4.78 is 6.53. The van der Waals surface area contributed by atoms with Crippen molar-refractivity contribution in [3.63, 3.8) is 0 Å². The van der Waals surface area contributed by atoms with Crippen LogP contribution in [0.25, 0.3) is 22.0 Å². The number of fused-ring (bicyclic) bond motifs is 1. The predicted octanol–water partition coefficient (Wildman–Crippen LogP) is 5.14. The summed E-state index contributed by atoms with van der Waals surface area (Å²) in [4.78, 5) is 13.8. The van der Waals surface area contributed by atoms with Crippen LogP contribution < -0.4 is 20.7 Å². The molecule has 192 valence electrons. The fraction of sp³-hybridized carbons (Fsp3) is 0.345. The number of hydrogen-bond donors (Lipinski definition) is 4. The molecule has 4 aromatic rings. The highest BCUT2D eigenvalue weighted by molar-refractivity contribution is 5.98. The molecule has 0 spiro atoms. The van der Waals surface area contributed by atoms with E-state index >= 15 is 0 Å². The molecule has 4 N–H and O–H groups in total. The molecule has 8 heteroatoms. The van der Waals surface area contributed by atoms with Gasteiger partial charge in [-0.25, -0.2) is 15.0 Å². The maximum absolute atomic E-state index is 9.62. The number of pyridine rings is 1. The Morgan fingerprint density at radius 3 is 2.84 bits per heavy atom. The van der Waals surface area contributed by atoms with Crippen LogP contribution in [-0.4, -0.2) is 51.8 Å². The molecule has 0 saturated carbocycles. The minimum absolute atomic E-state index is 0.315. The molecule has 0 bridgehead atoms. The number of hydrogen-bond acceptors (Lipinski definition) is 8. The van der Waals surface area contributed by atoms with Gasteiger partial charge in [-0.2, -0.15) is 0 Å². The number of nitrogens with one attached hydrogen (secondary N) is 3. The largest absolute Gasteiger partial charge is 0.437 e. The number of rotatable bonds is 9. The summed E-state index contributed by atoms with van der Waals surface area (Å²) >= 11 is 0. The summed E-state index contributed by atoms with van der Waals surface area (Å²) in [7, 11) is 0. The molecule has 0 radical (unpaired) electrons. The van der Waals surface area contributed by atoms with Crippen LogP contribution in [0, 0.1) is 6.92 Å². The summed E-state index contributed by atoms with van der Waals surface area (Å²) in [6.07, 6.45) is 6.07. The van der Waals surface area contributed by atoms with Crippen LogP contribution >= 0.6 is 0 Å². The molecule has 1 aliphatic heterocycles. The standard InChI is InChI=1S/C29H34N6O2/c1-19-10-11-22-23(7-3-9-25(22)31-16-12-20(2)36)27(19)37-28-24(8-5-15-32-28)26-13-17-33-29(35-26)34-21-6-4-14-30-18-21/h3,5,7-11,13,15,17,20-21,30-31,36H,4,6,12,14,16,18H2,1-2H3,(H,33,34,35). The lowest BCUT2D eigenvalue weighted by atomic mass is 10.0. The maximum atomic E-state index is 9.62. The fourth-order valence-electron chi connectivity index (χ4n) is 4.64. The van der Waals surface area contributed by atoms with Gasteiger partial charge in [0.15, 0.2) is 0 Å². The van der Waals surface area contributed by atoms with Gasteiger partial charge in [0.05, 0.1) is 17.4 Å². The molecule has 2 aromatic heterocycles. The maximum Gasteiger partial charge on any atom is 0.228 e. The first-order valence-corrected chi connectivity index (χ1v) is 13.0. The number of anilines is 2. The first kappa shape index (κ1) is 24.9. The number of ether oxygens (including phenoxy) is 1. The van der Waals surface area contributed by atoms with E-state index in [1.807, 2.05) is 37.3 Å². The first-order valence-electron chi connectivity index (χ1n) is 13.0. The highest BCUT2D eigenvalue weighted by atomic mass is 16.5. The first-order chi connectivity index (χ1) is 18.1. The third kappa shape index (κ3) is 5.98. The van der Waals surface area contributed by atoms with E-state index in [1.165, 1.54) is 0 Å². The van der Waals surface area contributed by atoms with E-state index in [1.54, 1.807) is 19.3 Å². The average Bonchev–Trinajstić information content (AvgIpc) is 2.91. The predicted molar refractivity (Wildman–Crippen MR) is 148 cm³/mol. The SMILES string of the molecule is Cc1ccc2c(NCCC(C)O)cccc2c1Oc1ncccc1-c1ccnc(NC2CCCNC2)n1. The van der Waals surface area contributed by atoms with Crippen LogP contribution in [0.2, 0.25) is 0 Å². The lowest BCUT2D eigenvalue weighted by molar-refractivity contribution is 0.189. The van der Waals surface area contributed by atoms with Crippen molar-refractivity contribution in [1.82, 2.24) is 20.3 Å². The van der Waals surface area contributed by atoms with Gasteiger partial charge in [0.1, 0.15) is 5.75 Å². The van der Waals surface area contributed by atoms with E-state index < -0.39 is 0 Å². The van der Waals surface area contributed by atoms with E-state index in [2.05, 4.69) is 44.1 Å². The smallest absolute Gasteiger partial charge is 0.228 e. The van der Waals surface area contributed by atoms with Gasteiger partial charge in [-0.1, -0.05) is 24.3 Å². The molecule has 1 saturated heterocycles. The third-order valence-electron chi connectivity index (χ3n) is 6.62. The highest BCUT2D eigenvalue weighted by Crippen LogP contribution is 2.38. The van der Waals surface area contributed by atoms with Crippen LogP contribution in [-0.2, 0) is 0 Å². The van der Waals surface area contributed by atoms with Gasteiger partial charge in [0.25, 0.3) is 0 Å². The van der Waals surface area contributed by atoms with Crippen LogP contribution in [0.1, 0.15) is 31.7 Å². The van der Waals surface area contributed by atoms with Crippen molar-refractivity contribution in [2.75, 3.05) is 30.3 Å². The van der Waals surface area contributed by atoms with Crippen molar-refractivity contribution in [1.29, 1.82) is 0 Å². The Kier molecular flexibility index (Phi) is 7.77. The number of aliphatic hydroxyl groups is 1. The van der Waals surface area contributed by atoms with E-state index in [0.29, 0.717) is 30.8 Å². The van der Waals surface area contributed by atoms with E-state index in [9.17, 15) is 5.11 Å². The van der Waals surface area contributed by atoms with E-state index in [4.69, 9.17) is 9.72 Å². The van der Waals surface area contributed by atoms with Crippen molar-refractivity contribution >= 4 is 22.4 Å². The van der Waals surface area contributed by atoms with Gasteiger partial charge in [0, 0.05) is 48.0 Å². The zero-order valence-corrected chi connectivity index (χ0v) is 21.4. The summed E-state index contributed by atoms with van der Waals surface area (Å²) in [6.45, 7) is 6.49. The number of nitrogens with zero attached hydrogens (tertiary/aromatic N) is 3. The normalized spacial score (nSPS) is 16.4. The van der Waals surface area contributed by atoms with Gasteiger partial charge in [-0.3, -0.25) is 0 Å². The highest BCUT2D eigenvalue weighted by Gasteiger charge is 2.17. The second-order valence-corrected chi connectivity index (χ2v) is 9.59. The van der Waals surface area contributed by atoms with Crippen LogP contribution in [0.3, 0.4) is 0 Å².